The van der Waals surface area contributed by atoms with Gasteiger partial charge in [0.2, 0.25) is 0 Å². The maximum atomic E-state index is 12.6. The van der Waals surface area contributed by atoms with E-state index in [-0.39, 0.29) is 23.2 Å². The van der Waals surface area contributed by atoms with E-state index in [9.17, 15) is 9.59 Å². The summed E-state index contributed by atoms with van der Waals surface area (Å²) < 4.78 is 5.15. The molecule has 7 heteroatoms. The van der Waals surface area contributed by atoms with Crippen LogP contribution in [0.2, 0.25) is 5.15 Å². The fraction of sp³-hybridized carbons (Fsp3) is 0.278. The summed E-state index contributed by atoms with van der Waals surface area (Å²) in [5, 5.41) is 0.473. The number of rotatable bonds is 3. The summed E-state index contributed by atoms with van der Waals surface area (Å²) in [6.07, 6.45) is 2.35. The lowest BCUT2D eigenvalue weighted by atomic mass is 10.2. The zero-order valence-electron chi connectivity index (χ0n) is 13.6. The first kappa shape index (κ1) is 17.8. The number of pyridine rings is 1. The van der Waals surface area contributed by atoms with E-state index >= 15 is 0 Å². The minimum absolute atomic E-state index is 0.0605. The van der Waals surface area contributed by atoms with Crippen LogP contribution in [0.15, 0.2) is 47.5 Å². The molecule has 0 saturated heterocycles. The molecule has 0 unspecified atom stereocenters. The number of carbonyl (C=O) groups excluding carboxylic acids is 2. The van der Waals surface area contributed by atoms with Crippen molar-refractivity contribution in [3.63, 3.8) is 0 Å². The van der Waals surface area contributed by atoms with Gasteiger partial charge in [0.1, 0.15) is 5.15 Å². The Morgan fingerprint density at radius 1 is 1.32 bits per heavy atom. The van der Waals surface area contributed by atoms with Crippen molar-refractivity contribution in [2.24, 2.45) is 0 Å². The average molecular weight is 377 g/mol. The second-order valence-corrected chi connectivity index (χ2v) is 7.49. The van der Waals surface area contributed by atoms with E-state index in [2.05, 4.69) is 11.9 Å². The molecule has 130 valence electrons. The first-order valence-corrected chi connectivity index (χ1v) is 9.15. The highest BCUT2D eigenvalue weighted by Gasteiger charge is 2.25. The van der Waals surface area contributed by atoms with Crippen LogP contribution in [0.3, 0.4) is 0 Å². The number of carbonyl (C=O) groups is 2. The van der Waals surface area contributed by atoms with Gasteiger partial charge in [0.25, 0.3) is 5.91 Å². The Hall–Kier alpha value is -2.05. The number of fused-ring (bicyclic) bond motifs is 1. The molecular weight excluding hydrogens is 360 g/mol. The molecule has 25 heavy (non-hydrogen) atoms. The molecule has 1 aliphatic heterocycles. The van der Waals surface area contributed by atoms with Gasteiger partial charge in [-0.25, -0.2) is 9.78 Å². The molecule has 3 rings (SSSR count). The number of anilines is 1. The summed E-state index contributed by atoms with van der Waals surface area (Å²) in [7, 11) is 0. The van der Waals surface area contributed by atoms with Crippen molar-refractivity contribution in [2.75, 3.05) is 18.1 Å². The molecule has 1 aliphatic rings. The number of thioether (sulfide) groups is 1. The second kappa shape index (κ2) is 7.89. The predicted octanol–water partition coefficient (Wildman–Crippen LogP) is 3.81. The van der Waals surface area contributed by atoms with E-state index in [1.807, 2.05) is 24.3 Å². The number of nitrogens with zero attached hydrogens (tertiary/aromatic N) is 2. The number of hydrogen-bond donors (Lipinski definition) is 0. The molecule has 0 saturated carbocycles. The van der Waals surface area contributed by atoms with Crippen LogP contribution in [-0.2, 0) is 9.53 Å². The monoisotopic (exact) mass is 376 g/mol. The van der Waals surface area contributed by atoms with Crippen LogP contribution in [-0.4, -0.2) is 35.3 Å². The summed E-state index contributed by atoms with van der Waals surface area (Å²) in [5.41, 5.74) is 1.01. The number of hydrogen-bond acceptors (Lipinski definition) is 5. The van der Waals surface area contributed by atoms with Gasteiger partial charge < -0.3 is 9.64 Å². The van der Waals surface area contributed by atoms with E-state index < -0.39 is 5.97 Å². The van der Waals surface area contributed by atoms with E-state index in [1.54, 1.807) is 22.7 Å². The van der Waals surface area contributed by atoms with Crippen LogP contribution in [0.4, 0.5) is 5.69 Å². The van der Waals surface area contributed by atoms with E-state index in [1.165, 1.54) is 12.3 Å². The number of halogens is 1. The average Bonchev–Trinajstić information content (AvgIpc) is 2.78. The minimum atomic E-state index is -0.655. The van der Waals surface area contributed by atoms with Gasteiger partial charge in [-0.3, -0.25) is 4.79 Å². The third-order valence-electron chi connectivity index (χ3n) is 3.85. The fourth-order valence-corrected chi connectivity index (χ4v) is 3.88. The normalized spacial score (nSPS) is 16.7. The Balaban J connectivity index is 1.71. The molecule has 1 aromatic heterocycles. The van der Waals surface area contributed by atoms with Crippen molar-refractivity contribution in [1.29, 1.82) is 0 Å². The topological polar surface area (TPSA) is 59.5 Å². The Kier molecular flexibility index (Phi) is 5.60. The Morgan fingerprint density at radius 3 is 2.92 bits per heavy atom. The molecule has 0 radical (unpaired) electrons. The summed E-state index contributed by atoms with van der Waals surface area (Å²) in [6, 6.07) is 10.9. The summed E-state index contributed by atoms with van der Waals surface area (Å²) in [5.74, 6) is -0.909. The lowest BCUT2D eigenvalue weighted by molar-refractivity contribution is -0.121. The highest BCUT2D eigenvalue weighted by Crippen LogP contribution is 2.37. The quantitative estimate of drug-likeness (QED) is 0.602. The standard InChI is InChI=1S/C18H17ClN2O3S/c1-12-8-10-21(14-6-2-3-7-15(14)25-12)16(22)11-24-18(23)13-5-4-9-20-17(13)19/h2-7,9,12H,8,10-11H2,1H3/t12-/m1/s1. The van der Waals surface area contributed by atoms with E-state index in [4.69, 9.17) is 16.3 Å². The van der Waals surface area contributed by atoms with Gasteiger partial charge >= 0.3 is 5.97 Å². The lowest BCUT2D eigenvalue weighted by Gasteiger charge is -2.22. The van der Waals surface area contributed by atoms with Crippen LogP contribution in [0.1, 0.15) is 23.7 Å². The number of para-hydroxylation sites is 1. The molecule has 5 nitrogen and oxygen atoms in total. The second-order valence-electron chi connectivity index (χ2n) is 5.65. The largest absolute Gasteiger partial charge is 0.452 e. The van der Waals surface area contributed by atoms with Crippen molar-refractivity contribution >= 4 is 40.9 Å². The van der Waals surface area contributed by atoms with Crippen molar-refractivity contribution in [1.82, 2.24) is 4.98 Å². The van der Waals surface area contributed by atoms with Crippen molar-refractivity contribution < 1.29 is 14.3 Å². The molecular formula is C18H17ClN2O3S. The Bertz CT molecular complexity index is 799. The number of amides is 1. The molecule has 1 aromatic carbocycles. The molecule has 1 amide bonds. The molecule has 2 aromatic rings. The molecule has 0 aliphatic carbocycles. The van der Waals surface area contributed by atoms with Crippen LogP contribution in [0, 0.1) is 0 Å². The SMILES string of the molecule is C[C@@H]1CCN(C(=O)COC(=O)c2cccnc2Cl)c2ccccc2S1. The highest BCUT2D eigenvalue weighted by atomic mass is 35.5. The molecule has 1 atom stereocenters. The Labute approximate surface area is 155 Å². The van der Waals surface area contributed by atoms with Gasteiger partial charge in [0.05, 0.1) is 11.3 Å². The first-order chi connectivity index (χ1) is 12.1. The smallest absolute Gasteiger partial charge is 0.341 e. The maximum Gasteiger partial charge on any atom is 0.341 e. The van der Waals surface area contributed by atoms with Gasteiger partial charge in [-0.1, -0.05) is 30.7 Å². The predicted molar refractivity (Wildman–Crippen MR) is 98.3 cm³/mol. The van der Waals surface area contributed by atoms with Gasteiger partial charge in [0.15, 0.2) is 6.61 Å². The molecule has 0 N–H and O–H groups in total. The van der Waals surface area contributed by atoms with E-state index in [0.29, 0.717) is 11.8 Å². The number of esters is 1. The summed E-state index contributed by atoms with van der Waals surface area (Å²) >= 11 is 7.63. The third kappa shape index (κ3) is 4.14. The van der Waals surface area contributed by atoms with Crippen LogP contribution in [0.25, 0.3) is 0 Å². The first-order valence-electron chi connectivity index (χ1n) is 7.90. The highest BCUT2D eigenvalue weighted by molar-refractivity contribution is 8.00. The van der Waals surface area contributed by atoms with Crippen LogP contribution in [0.5, 0.6) is 0 Å². The summed E-state index contributed by atoms with van der Waals surface area (Å²) in [6.45, 7) is 2.40. The van der Waals surface area contributed by atoms with Crippen molar-refractivity contribution in [2.45, 2.75) is 23.5 Å². The molecule has 0 fully saturated rings. The molecule has 0 bridgehead atoms. The van der Waals surface area contributed by atoms with Gasteiger partial charge in [0, 0.05) is 22.9 Å². The van der Waals surface area contributed by atoms with E-state index in [0.717, 1.165) is 17.0 Å². The van der Waals surface area contributed by atoms with Crippen LogP contribution < -0.4 is 4.90 Å². The maximum absolute atomic E-state index is 12.6. The van der Waals surface area contributed by atoms with Gasteiger partial charge in [-0.05, 0) is 30.7 Å². The molecule has 0 spiro atoms. The minimum Gasteiger partial charge on any atom is -0.452 e. The Morgan fingerprint density at radius 2 is 2.12 bits per heavy atom. The zero-order valence-corrected chi connectivity index (χ0v) is 15.2. The fourth-order valence-electron chi connectivity index (χ4n) is 2.57. The number of ether oxygens (including phenoxy) is 1. The van der Waals surface area contributed by atoms with Crippen LogP contribution >= 0.6 is 23.4 Å². The number of benzene rings is 1. The van der Waals surface area contributed by atoms with Crippen molar-refractivity contribution in [3.8, 4) is 0 Å². The van der Waals surface area contributed by atoms with Gasteiger partial charge in [-0.15, -0.1) is 11.8 Å². The zero-order chi connectivity index (χ0) is 17.8. The lowest BCUT2D eigenvalue weighted by Crippen LogP contribution is -2.35. The molecule has 2 heterocycles. The van der Waals surface area contributed by atoms with Gasteiger partial charge in [-0.2, -0.15) is 0 Å². The summed E-state index contributed by atoms with van der Waals surface area (Å²) in [4.78, 5) is 31.3. The third-order valence-corrected chi connectivity index (χ3v) is 5.39. The van der Waals surface area contributed by atoms with Crippen molar-refractivity contribution in [3.05, 3.63) is 53.3 Å². The number of aromatic nitrogens is 1.